The van der Waals surface area contributed by atoms with Crippen LogP contribution >= 0.6 is 0 Å². The summed E-state index contributed by atoms with van der Waals surface area (Å²) in [5.41, 5.74) is 5.53. The molecule has 136 valence electrons. The molecule has 0 amide bonds. The lowest BCUT2D eigenvalue weighted by molar-refractivity contribution is -0.787. The van der Waals surface area contributed by atoms with Crippen molar-refractivity contribution in [3.63, 3.8) is 0 Å². The number of fused-ring (bicyclic) bond motifs is 9. The van der Waals surface area contributed by atoms with Crippen molar-refractivity contribution in [3.05, 3.63) is 70.8 Å². The van der Waals surface area contributed by atoms with Gasteiger partial charge in [-0.1, -0.05) is 48.5 Å². The molecule has 3 nitrogen and oxygen atoms in total. The van der Waals surface area contributed by atoms with Crippen LogP contribution in [-0.4, -0.2) is 23.4 Å². The van der Waals surface area contributed by atoms with Crippen molar-refractivity contribution >= 4 is 0 Å². The molecule has 0 spiro atoms. The third-order valence-electron chi connectivity index (χ3n) is 7.57. The van der Waals surface area contributed by atoms with Crippen LogP contribution in [0.25, 0.3) is 0 Å². The first kappa shape index (κ1) is 16.5. The van der Waals surface area contributed by atoms with Crippen LogP contribution in [0.2, 0.25) is 0 Å². The largest absolute Gasteiger partial charge is 0.396 e. The van der Waals surface area contributed by atoms with Gasteiger partial charge < -0.3 is 15.5 Å². The van der Waals surface area contributed by atoms with E-state index in [2.05, 4.69) is 60.8 Å². The molecule has 4 atom stereocenters. The second kappa shape index (κ2) is 5.41. The maximum absolute atomic E-state index is 9.91. The van der Waals surface area contributed by atoms with Crippen LogP contribution in [0, 0.1) is 5.92 Å². The van der Waals surface area contributed by atoms with Gasteiger partial charge in [-0.25, -0.2) is 0 Å². The molecule has 4 N–H and O–H groups in total. The molecular weight excluding hydrogens is 322 g/mol. The molecule has 3 aliphatic rings. The average Bonchev–Trinajstić information content (AvgIpc) is 3.26. The highest BCUT2D eigenvalue weighted by Crippen LogP contribution is 2.64. The van der Waals surface area contributed by atoms with Crippen LogP contribution in [-0.2, 0) is 16.5 Å². The zero-order valence-electron chi connectivity index (χ0n) is 15.4. The molecule has 26 heavy (non-hydrogen) atoms. The highest BCUT2D eigenvalue weighted by molar-refractivity contribution is 5.53. The minimum absolute atomic E-state index is 0.0600. The van der Waals surface area contributed by atoms with Crippen LogP contribution in [0.1, 0.15) is 54.9 Å². The zero-order chi connectivity index (χ0) is 18.0. The molecule has 1 fully saturated rings. The van der Waals surface area contributed by atoms with E-state index < -0.39 is 0 Å². The number of hydrogen-bond donors (Lipinski definition) is 3. The first-order valence-corrected chi connectivity index (χ1v) is 9.88. The van der Waals surface area contributed by atoms with Gasteiger partial charge in [-0.3, -0.25) is 0 Å². The third kappa shape index (κ3) is 1.94. The van der Waals surface area contributed by atoms with E-state index in [1.54, 1.807) is 0 Å². The van der Waals surface area contributed by atoms with Crippen molar-refractivity contribution in [2.75, 3.05) is 13.2 Å². The fraction of sp³-hybridized carbons (Fsp3) is 0.478. The number of nitrogens with two attached hydrogens (primary N) is 1. The second-order valence-electron chi connectivity index (χ2n) is 8.80. The summed E-state index contributed by atoms with van der Waals surface area (Å²) < 4.78 is 0. The van der Waals surface area contributed by atoms with E-state index in [1.807, 2.05) is 0 Å². The molecule has 2 aromatic rings. The topological polar surface area (TPSA) is 57.1 Å². The monoisotopic (exact) mass is 350 g/mol. The van der Waals surface area contributed by atoms with Crippen molar-refractivity contribution in [1.29, 1.82) is 0 Å². The minimum atomic E-state index is -0.141. The van der Waals surface area contributed by atoms with Crippen molar-refractivity contribution in [3.8, 4) is 0 Å². The first-order valence-electron chi connectivity index (χ1n) is 9.88. The van der Waals surface area contributed by atoms with Crippen molar-refractivity contribution in [1.82, 2.24) is 0 Å². The predicted molar refractivity (Wildman–Crippen MR) is 101 cm³/mol. The fourth-order valence-electron chi connectivity index (χ4n) is 6.41. The van der Waals surface area contributed by atoms with Crippen LogP contribution < -0.4 is 5.32 Å². The van der Waals surface area contributed by atoms with Crippen LogP contribution in [0.15, 0.2) is 48.5 Å². The van der Waals surface area contributed by atoms with Gasteiger partial charge in [0.2, 0.25) is 0 Å². The number of hydrogen-bond acceptors (Lipinski definition) is 2. The van der Waals surface area contributed by atoms with E-state index >= 15 is 0 Å². The van der Waals surface area contributed by atoms with Crippen LogP contribution in [0.3, 0.4) is 0 Å². The Bertz CT molecular complexity index is 865. The molecule has 1 saturated carbocycles. The van der Waals surface area contributed by atoms with E-state index in [4.69, 9.17) is 0 Å². The first-order chi connectivity index (χ1) is 12.6. The summed E-state index contributed by atoms with van der Waals surface area (Å²) in [6.45, 7) is 2.80. The Morgan fingerprint density at radius 2 is 1.42 bits per heavy atom. The molecule has 2 heterocycles. The summed E-state index contributed by atoms with van der Waals surface area (Å²) in [5.74, 6) is 0.578. The van der Waals surface area contributed by atoms with Crippen LogP contribution in [0.5, 0.6) is 0 Å². The number of rotatable bonds is 4. The summed E-state index contributed by atoms with van der Waals surface area (Å²) >= 11 is 0. The molecule has 2 aliphatic heterocycles. The molecule has 0 saturated heterocycles. The summed E-state index contributed by atoms with van der Waals surface area (Å²) in [4.78, 5) is 0. The Kier molecular flexibility index (Phi) is 3.43. The molecule has 1 aliphatic carbocycles. The summed E-state index contributed by atoms with van der Waals surface area (Å²) in [5, 5.41) is 22.3. The predicted octanol–water partition coefficient (Wildman–Crippen LogP) is 2.15. The summed E-state index contributed by atoms with van der Waals surface area (Å²) in [6.07, 6.45) is 3.86. The Morgan fingerprint density at radius 3 is 2.08 bits per heavy atom. The van der Waals surface area contributed by atoms with Gasteiger partial charge in [-0.15, -0.1) is 0 Å². The standard InChI is InChI=1S/C23H27NO2/c1-21-17-6-2-4-8-19(17)22(10-12-25)14-16(22)15-23(24-21,11-13-26)20-9-5-3-7-18(20)21/h2-9,16,24-26H,10-15H2,1H3/p+1/t16-,21-,22-,23+/m1/s1. The van der Waals surface area contributed by atoms with E-state index in [1.165, 1.54) is 22.3 Å². The molecule has 3 heteroatoms. The van der Waals surface area contributed by atoms with Gasteiger partial charge in [0.15, 0.2) is 0 Å². The molecule has 5 rings (SSSR count). The SMILES string of the molecule is C[C@@]12[NH2+][C@@](CCO)(C[C@H]3C[C@@]3(CCO)c3ccccc31)c1ccccc12. The minimum Gasteiger partial charge on any atom is -0.396 e. The van der Waals surface area contributed by atoms with E-state index in [-0.39, 0.29) is 29.7 Å². The Morgan fingerprint density at radius 1 is 0.846 bits per heavy atom. The Labute approximate surface area is 155 Å². The van der Waals surface area contributed by atoms with E-state index in [9.17, 15) is 10.2 Å². The van der Waals surface area contributed by atoms with Gasteiger partial charge in [-0.2, -0.15) is 0 Å². The highest BCUT2D eigenvalue weighted by atomic mass is 16.3. The molecular formula is C23H28NO2+. The molecule has 0 radical (unpaired) electrons. The molecule has 0 unspecified atom stereocenters. The average molecular weight is 350 g/mol. The molecule has 2 bridgehead atoms. The fourth-order valence-corrected chi connectivity index (χ4v) is 6.41. The number of benzene rings is 2. The summed E-state index contributed by atoms with van der Waals surface area (Å²) in [7, 11) is 0. The molecule has 2 aromatic carbocycles. The lowest BCUT2D eigenvalue weighted by Gasteiger charge is -2.37. The van der Waals surface area contributed by atoms with E-state index in [0.717, 1.165) is 25.7 Å². The summed E-state index contributed by atoms with van der Waals surface area (Å²) in [6, 6.07) is 17.7. The second-order valence-corrected chi connectivity index (χ2v) is 8.80. The van der Waals surface area contributed by atoms with Gasteiger partial charge in [-0.05, 0) is 31.2 Å². The van der Waals surface area contributed by atoms with Crippen molar-refractivity contribution < 1.29 is 15.5 Å². The maximum atomic E-state index is 9.91. The maximum Gasteiger partial charge on any atom is 0.146 e. The van der Waals surface area contributed by atoms with Gasteiger partial charge in [0, 0.05) is 48.2 Å². The number of quaternary nitrogens is 1. The van der Waals surface area contributed by atoms with Crippen molar-refractivity contribution in [2.45, 2.75) is 49.1 Å². The highest BCUT2D eigenvalue weighted by Gasteiger charge is 2.65. The quantitative estimate of drug-likeness (QED) is 0.791. The van der Waals surface area contributed by atoms with Gasteiger partial charge >= 0.3 is 0 Å². The Hall–Kier alpha value is -1.68. The number of aliphatic hydroxyl groups excluding tert-OH is 2. The lowest BCUT2D eigenvalue weighted by Crippen LogP contribution is -3.00. The number of aliphatic hydroxyl groups is 2. The van der Waals surface area contributed by atoms with Crippen LogP contribution in [0.4, 0.5) is 0 Å². The van der Waals surface area contributed by atoms with Gasteiger partial charge in [0.05, 0.1) is 0 Å². The van der Waals surface area contributed by atoms with Gasteiger partial charge in [0.25, 0.3) is 0 Å². The Balaban J connectivity index is 1.80. The lowest BCUT2D eigenvalue weighted by atomic mass is 9.76. The smallest absolute Gasteiger partial charge is 0.146 e. The molecule has 0 aromatic heterocycles. The zero-order valence-corrected chi connectivity index (χ0v) is 15.4. The third-order valence-corrected chi connectivity index (χ3v) is 7.57. The normalized spacial score (nSPS) is 36.5. The van der Waals surface area contributed by atoms with Gasteiger partial charge in [0.1, 0.15) is 11.1 Å². The van der Waals surface area contributed by atoms with E-state index in [0.29, 0.717) is 5.92 Å². The van der Waals surface area contributed by atoms with Crippen molar-refractivity contribution in [2.24, 2.45) is 5.92 Å².